The van der Waals surface area contributed by atoms with E-state index in [1.165, 1.54) is 5.56 Å². The van der Waals surface area contributed by atoms with Crippen LogP contribution in [0.5, 0.6) is 0 Å². The summed E-state index contributed by atoms with van der Waals surface area (Å²) < 4.78 is 0. The van der Waals surface area contributed by atoms with Gasteiger partial charge in [-0.2, -0.15) is 0 Å². The molecule has 3 nitrogen and oxygen atoms in total. The Labute approximate surface area is 133 Å². The lowest BCUT2D eigenvalue weighted by Crippen LogP contribution is -2.39. The Morgan fingerprint density at radius 1 is 1.14 bits per heavy atom. The topological polar surface area (TPSA) is 49.3 Å². The molecule has 2 aliphatic rings. The zero-order valence-electron chi connectivity index (χ0n) is 13.9. The second-order valence-electron chi connectivity index (χ2n) is 8.25. The summed E-state index contributed by atoms with van der Waals surface area (Å²) in [7, 11) is 0. The standard InChI is InChI=1S/C19H27NO2/c1-17(2,3)14-4-6-15(7-5-14)19(10-11-19)16(22)20-12-18(13-21)8-9-18/h4-7,21H,8-13H2,1-3H3,(H,20,22). The molecule has 22 heavy (non-hydrogen) atoms. The van der Waals surface area contributed by atoms with E-state index in [0.717, 1.165) is 31.2 Å². The lowest BCUT2D eigenvalue weighted by atomic mass is 9.85. The first-order valence-electron chi connectivity index (χ1n) is 8.32. The van der Waals surface area contributed by atoms with Gasteiger partial charge in [0.1, 0.15) is 0 Å². The van der Waals surface area contributed by atoms with E-state index in [0.29, 0.717) is 6.54 Å². The molecule has 3 rings (SSSR count). The van der Waals surface area contributed by atoms with Gasteiger partial charge in [0.05, 0.1) is 12.0 Å². The van der Waals surface area contributed by atoms with Gasteiger partial charge in [-0.3, -0.25) is 4.79 Å². The van der Waals surface area contributed by atoms with Crippen LogP contribution in [0.2, 0.25) is 0 Å². The van der Waals surface area contributed by atoms with E-state index in [1.54, 1.807) is 0 Å². The molecule has 0 aliphatic heterocycles. The molecule has 0 radical (unpaired) electrons. The molecule has 3 heteroatoms. The van der Waals surface area contributed by atoms with E-state index >= 15 is 0 Å². The highest BCUT2D eigenvalue weighted by molar-refractivity contribution is 5.91. The number of carbonyl (C=O) groups is 1. The lowest BCUT2D eigenvalue weighted by molar-refractivity contribution is -0.123. The van der Waals surface area contributed by atoms with E-state index in [9.17, 15) is 9.90 Å². The normalized spacial score (nSPS) is 21.3. The fourth-order valence-electron chi connectivity index (χ4n) is 3.07. The number of benzene rings is 1. The maximum absolute atomic E-state index is 12.6. The molecule has 0 bridgehead atoms. The number of amides is 1. The summed E-state index contributed by atoms with van der Waals surface area (Å²) >= 11 is 0. The van der Waals surface area contributed by atoms with Crippen molar-refractivity contribution in [1.82, 2.24) is 5.32 Å². The molecule has 1 amide bonds. The minimum absolute atomic E-state index is 0.0260. The third-order valence-corrected chi connectivity index (χ3v) is 5.40. The van der Waals surface area contributed by atoms with Gasteiger partial charge >= 0.3 is 0 Å². The first-order valence-corrected chi connectivity index (χ1v) is 8.32. The van der Waals surface area contributed by atoms with Crippen LogP contribution in [0.15, 0.2) is 24.3 Å². The quantitative estimate of drug-likeness (QED) is 0.878. The van der Waals surface area contributed by atoms with E-state index in [-0.39, 0.29) is 28.8 Å². The Kier molecular flexibility index (Phi) is 3.59. The summed E-state index contributed by atoms with van der Waals surface area (Å²) in [6.07, 6.45) is 3.91. The van der Waals surface area contributed by atoms with Crippen molar-refractivity contribution < 1.29 is 9.90 Å². The van der Waals surface area contributed by atoms with Gasteiger partial charge in [0, 0.05) is 12.0 Å². The largest absolute Gasteiger partial charge is 0.396 e. The van der Waals surface area contributed by atoms with E-state index in [4.69, 9.17) is 0 Å². The minimum atomic E-state index is -0.318. The molecule has 1 aromatic rings. The average molecular weight is 301 g/mol. The van der Waals surface area contributed by atoms with Gasteiger partial charge in [0.15, 0.2) is 0 Å². The third-order valence-electron chi connectivity index (χ3n) is 5.40. The fourth-order valence-corrected chi connectivity index (χ4v) is 3.07. The molecule has 0 unspecified atom stereocenters. The average Bonchev–Trinajstić information content (AvgIpc) is 3.38. The van der Waals surface area contributed by atoms with Crippen LogP contribution in [0.1, 0.15) is 57.6 Å². The second kappa shape index (κ2) is 5.09. The highest BCUT2D eigenvalue weighted by Crippen LogP contribution is 2.49. The van der Waals surface area contributed by atoms with Crippen LogP contribution >= 0.6 is 0 Å². The number of rotatable bonds is 5. The monoisotopic (exact) mass is 301 g/mol. The molecule has 0 spiro atoms. The number of carbonyl (C=O) groups excluding carboxylic acids is 1. The van der Waals surface area contributed by atoms with Gasteiger partial charge in [-0.25, -0.2) is 0 Å². The molecule has 0 atom stereocenters. The predicted molar refractivity (Wildman–Crippen MR) is 87.8 cm³/mol. The minimum Gasteiger partial charge on any atom is -0.396 e. The first kappa shape index (κ1) is 15.5. The van der Waals surface area contributed by atoms with Gasteiger partial charge in [0.25, 0.3) is 0 Å². The van der Waals surface area contributed by atoms with Crippen LogP contribution in [0.25, 0.3) is 0 Å². The zero-order chi connectivity index (χ0) is 16.0. The first-order chi connectivity index (χ1) is 10.3. The highest BCUT2D eigenvalue weighted by Gasteiger charge is 2.52. The number of aliphatic hydroxyl groups is 1. The van der Waals surface area contributed by atoms with Crippen LogP contribution in [0.4, 0.5) is 0 Å². The van der Waals surface area contributed by atoms with Gasteiger partial charge in [-0.05, 0) is 42.2 Å². The predicted octanol–water partition coefficient (Wildman–Crippen LogP) is 2.90. The van der Waals surface area contributed by atoms with Crippen molar-refractivity contribution in [3.05, 3.63) is 35.4 Å². The SMILES string of the molecule is CC(C)(C)c1ccc(C2(C(=O)NCC3(CO)CC3)CC2)cc1. The Bertz CT molecular complexity index is 560. The molecule has 2 fully saturated rings. The summed E-state index contributed by atoms with van der Waals surface area (Å²) in [5.74, 6) is 0.135. The molecule has 120 valence electrons. The highest BCUT2D eigenvalue weighted by atomic mass is 16.3. The van der Waals surface area contributed by atoms with Crippen molar-refractivity contribution in [3.8, 4) is 0 Å². The summed E-state index contributed by atoms with van der Waals surface area (Å²) in [6, 6.07) is 8.54. The Balaban J connectivity index is 1.69. The van der Waals surface area contributed by atoms with Crippen molar-refractivity contribution in [2.75, 3.05) is 13.2 Å². The van der Waals surface area contributed by atoms with Crippen molar-refractivity contribution in [2.45, 2.75) is 57.3 Å². The number of hydrogen-bond donors (Lipinski definition) is 2. The van der Waals surface area contributed by atoms with Gasteiger partial charge < -0.3 is 10.4 Å². The van der Waals surface area contributed by atoms with Crippen LogP contribution in [0, 0.1) is 5.41 Å². The fraction of sp³-hybridized carbons (Fsp3) is 0.632. The van der Waals surface area contributed by atoms with Crippen molar-refractivity contribution >= 4 is 5.91 Å². The van der Waals surface area contributed by atoms with Gasteiger partial charge in [-0.15, -0.1) is 0 Å². The van der Waals surface area contributed by atoms with Crippen LogP contribution in [0.3, 0.4) is 0 Å². The van der Waals surface area contributed by atoms with Crippen LogP contribution in [-0.4, -0.2) is 24.2 Å². The summed E-state index contributed by atoms with van der Waals surface area (Å²) in [5, 5.41) is 12.4. The van der Waals surface area contributed by atoms with E-state index in [2.05, 4.69) is 50.4 Å². The molecule has 2 aliphatic carbocycles. The Morgan fingerprint density at radius 3 is 2.14 bits per heavy atom. The maximum atomic E-state index is 12.6. The second-order valence-corrected chi connectivity index (χ2v) is 8.25. The lowest BCUT2D eigenvalue weighted by Gasteiger charge is -2.22. The summed E-state index contributed by atoms with van der Waals surface area (Å²) in [5.41, 5.74) is 2.22. The summed E-state index contributed by atoms with van der Waals surface area (Å²) in [6.45, 7) is 7.40. The van der Waals surface area contributed by atoms with Crippen molar-refractivity contribution in [2.24, 2.45) is 5.41 Å². The number of hydrogen-bond acceptors (Lipinski definition) is 2. The zero-order valence-corrected chi connectivity index (χ0v) is 13.9. The van der Waals surface area contributed by atoms with Crippen molar-refractivity contribution in [1.29, 1.82) is 0 Å². The summed E-state index contributed by atoms with van der Waals surface area (Å²) in [4.78, 5) is 12.6. The molecule has 2 saturated carbocycles. The van der Waals surface area contributed by atoms with E-state index in [1.807, 2.05) is 0 Å². The molecule has 0 saturated heterocycles. The van der Waals surface area contributed by atoms with Crippen LogP contribution in [-0.2, 0) is 15.6 Å². The molecule has 0 aromatic heterocycles. The van der Waals surface area contributed by atoms with Gasteiger partial charge in [0.2, 0.25) is 5.91 Å². The smallest absolute Gasteiger partial charge is 0.230 e. The number of nitrogens with one attached hydrogen (secondary N) is 1. The molecular formula is C19H27NO2. The molecular weight excluding hydrogens is 274 g/mol. The van der Waals surface area contributed by atoms with E-state index < -0.39 is 0 Å². The van der Waals surface area contributed by atoms with Crippen molar-refractivity contribution in [3.63, 3.8) is 0 Å². The molecule has 1 aromatic carbocycles. The third kappa shape index (κ3) is 2.79. The number of aliphatic hydroxyl groups excluding tert-OH is 1. The molecule has 2 N–H and O–H groups in total. The van der Waals surface area contributed by atoms with Gasteiger partial charge in [-0.1, -0.05) is 45.0 Å². The maximum Gasteiger partial charge on any atom is 0.230 e. The van der Waals surface area contributed by atoms with Crippen LogP contribution < -0.4 is 5.32 Å². The Morgan fingerprint density at radius 2 is 1.73 bits per heavy atom. The molecule has 0 heterocycles. The Hall–Kier alpha value is -1.35.